The summed E-state index contributed by atoms with van der Waals surface area (Å²) in [5.74, 6) is -0.252. The van der Waals surface area contributed by atoms with Gasteiger partial charge in [0.1, 0.15) is 11.4 Å². The highest BCUT2D eigenvalue weighted by molar-refractivity contribution is 7.09. The number of amides is 3. The van der Waals surface area contributed by atoms with Gasteiger partial charge in [-0.1, -0.05) is 54.1 Å². The molecule has 3 amide bonds. The van der Waals surface area contributed by atoms with Crippen LogP contribution < -0.4 is 15.6 Å². The Morgan fingerprint density at radius 1 is 1.05 bits per heavy atom. The maximum Gasteiger partial charge on any atom is 0.289 e. The molecule has 194 valence electrons. The molecule has 0 atom stereocenters. The van der Waals surface area contributed by atoms with Crippen LogP contribution in [0.25, 0.3) is 0 Å². The Morgan fingerprint density at radius 3 is 2.43 bits per heavy atom. The summed E-state index contributed by atoms with van der Waals surface area (Å²) < 4.78 is 5.95. The number of thiazole rings is 1. The van der Waals surface area contributed by atoms with Crippen LogP contribution in [-0.4, -0.2) is 46.3 Å². The number of para-hydroxylation sites is 1. The molecule has 1 aliphatic heterocycles. The van der Waals surface area contributed by atoms with Gasteiger partial charge in [-0.05, 0) is 44.4 Å². The lowest BCUT2D eigenvalue weighted by molar-refractivity contribution is -0.146. The van der Waals surface area contributed by atoms with Crippen molar-refractivity contribution in [2.75, 3.05) is 13.1 Å². The SMILES string of the molecule is CC(C)(Oc1ccccc1Cl)C(=O)N1CCC(c2nc(C(=O)NNC(=O)Cc3ccccc3)cs2)CC1. The Kier molecular flexibility index (Phi) is 8.45. The largest absolute Gasteiger partial charge is 0.476 e. The zero-order valence-corrected chi connectivity index (χ0v) is 22.3. The van der Waals surface area contributed by atoms with Crippen molar-refractivity contribution >= 4 is 40.7 Å². The Morgan fingerprint density at radius 2 is 1.73 bits per heavy atom. The second-order valence-corrected chi connectivity index (χ2v) is 10.6. The molecule has 0 bridgehead atoms. The van der Waals surface area contributed by atoms with E-state index in [1.165, 1.54) is 11.3 Å². The first-order chi connectivity index (χ1) is 17.7. The summed E-state index contributed by atoms with van der Waals surface area (Å²) in [4.78, 5) is 44.0. The summed E-state index contributed by atoms with van der Waals surface area (Å²) in [5.41, 5.74) is 4.91. The van der Waals surface area contributed by atoms with Gasteiger partial charge in [0.25, 0.3) is 11.8 Å². The van der Waals surface area contributed by atoms with Gasteiger partial charge in [-0.2, -0.15) is 0 Å². The molecule has 1 fully saturated rings. The third-order valence-corrected chi connectivity index (χ3v) is 7.45. The lowest BCUT2D eigenvalue weighted by Gasteiger charge is -2.36. The lowest BCUT2D eigenvalue weighted by atomic mass is 9.96. The number of nitrogens with one attached hydrogen (secondary N) is 2. The quantitative estimate of drug-likeness (QED) is 0.434. The summed E-state index contributed by atoms with van der Waals surface area (Å²) in [5, 5.41) is 2.99. The Bertz CT molecular complexity index is 1260. The van der Waals surface area contributed by atoms with Crippen molar-refractivity contribution in [2.45, 2.75) is 44.6 Å². The van der Waals surface area contributed by atoms with Crippen LogP contribution in [0.5, 0.6) is 5.75 Å². The number of hydrogen-bond acceptors (Lipinski definition) is 6. The zero-order valence-electron chi connectivity index (χ0n) is 20.7. The number of piperidine rings is 1. The maximum atomic E-state index is 13.2. The van der Waals surface area contributed by atoms with E-state index in [0.29, 0.717) is 23.9 Å². The number of ether oxygens (including phenoxy) is 1. The minimum absolute atomic E-state index is 0.101. The molecular formula is C27H29ClN4O4S. The van der Waals surface area contributed by atoms with Crippen molar-refractivity contribution in [1.29, 1.82) is 0 Å². The molecule has 3 aromatic rings. The van der Waals surface area contributed by atoms with Crippen molar-refractivity contribution in [2.24, 2.45) is 0 Å². The second-order valence-electron chi connectivity index (χ2n) is 9.34. The molecule has 2 N–H and O–H groups in total. The number of carbonyl (C=O) groups excluding carboxylic acids is 3. The van der Waals surface area contributed by atoms with E-state index in [1.807, 2.05) is 42.5 Å². The molecular weight excluding hydrogens is 512 g/mol. The summed E-state index contributed by atoms with van der Waals surface area (Å²) in [7, 11) is 0. The fourth-order valence-electron chi connectivity index (χ4n) is 4.15. The average molecular weight is 541 g/mol. The van der Waals surface area contributed by atoms with Gasteiger partial charge < -0.3 is 9.64 Å². The van der Waals surface area contributed by atoms with E-state index in [9.17, 15) is 14.4 Å². The zero-order chi connectivity index (χ0) is 26.4. The van der Waals surface area contributed by atoms with Gasteiger partial charge in [-0.25, -0.2) is 4.98 Å². The average Bonchev–Trinajstić information content (AvgIpc) is 3.39. The fraction of sp³-hybridized carbons (Fsp3) is 0.333. The first kappa shape index (κ1) is 26.6. The molecule has 0 radical (unpaired) electrons. The molecule has 0 spiro atoms. The molecule has 37 heavy (non-hydrogen) atoms. The molecule has 2 aromatic carbocycles. The van der Waals surface area contributed by atoms with E-state index in [1.54, 1.807) is 36.3 Å². The van der Waals surface area contributed by atoms with Crippen molar-refractivity contribution in [3.8, 4) is 5.75 Å². The van der Waals surface area contributed by atoms with Crippen LogP contribution in [-0.2, 0) is 16.0 Å². The fourth-order valence-corrected chi connectivity index (χ4v) is 5.30. The highest BCUT2D eigenvalue weighted by atomic mass is 35.5. The highest BCUT2D eigenvalue weighted by Crippen LogP contribution is 2.33. The van der Waals surface area contributed by atoms with Gasteiger partial charge in [0.2, 0.25) is 5.91 Å². The summed E-state index contributed by atoms with van der Waals surface area (Å²) in [6.45, 7) is 4.62. The number of hydrazine groups is 1. The molecule has 1 aliphatic rings. The Labute approximate surface area is 225 Å². The molecule has 4 rings (SSSR count). The minimum atomic E-state index is -1.06. The van der Waals surface area contributed by atoms with Gasteiger partial charge in [-0.3, -0.25) is 25.2 Å². The first-order valence-electron chi connectivity index (χ1n) is 12.0. The van der Waals surface area contributed by atoms with E-state index in [0.717, 1.165) is 23.4 Å². The van der Waals surface area contributed by atoms with Crippen LogP contribution in [0.15, 0.2) is 60.0 Å². The number of benzene rings is 2. The van der Waals surface area contributed by atoms with Crippen LogP contribution in [0, 0.1) is 0 Å². The maximum absolute atomic E-state index is 13.2. The topological polar surface area (TPSA) is 101 Å². The monoisotopic (exact) mass is 540 g/mol. The van der Waals surface area contributed by atoms with Crippen LogP contribution >= 0.6 is 22.9 Å². The molecule has 0 saturated carbocycles. The van der Waals surface area contributed by atoms with Crippen molar-refractivity contribution in [3.05, 3.63) is 81.3 Å². The minimum Gasteiger partial charge on any atom is -0.476 e. The van der Waals surface area contributed by atoms with Gasteiger partial charge in [0.15, 0.2) is 5.60 Å². The highest BCUT2D eigenvalue weighted by Gasteiger charge is 2.37. The van der Waals surface area contributed by atoms with Gasteiger partial charge >= 0.3 is 0 Å². The predicted molar refractivity (Wildman–Crippen MR) is 143 cm³/mol. The van der Waals surface area contributed by atoms with E-state index >= 15 is 0 Å². The van der Waals surface area contributed by atoms with E-state index in [-0.39, 0.29) is 29.8 Å². The summed E-state index contributed by atoms with van der Waals surface area (Å²) in [6, 6.07) is 16.4. The number of rotatable bonds is 7. The molecule has 0 aliphatic carbocycles. The van der Waals surface area contributed by atoms with Crippen molar-refractivity contribution in [3.63, 3.8) is 0 Å². The van der Waals surface area contributed by atoms with Crippen LogP contribution in [0.4, 0.5) is 0 Å². The second kappa shape index (κ2) is 11.7. The number of carbonyl (C=O) groups is 3. The lowest BCUT2D eigenvalue weighted by Crippen LogP contribution is -2.51. The molecule has 1 saturated heterocycles. The van der Waals surface area contributed by atoms with Crippen LogP contribution in [0.2, 0.25) is 5.02 Å². The number of aromatic nitrogens is 1. The number of halogens is 1. The molecule has 2 heterocycles. The van der Waals surface area contributed by atoms with E-state index in [4.69, 9.17) is 16.3 Å². The van der Waals surface area contributed by atoms with Crippen LogP contribution in [0.1, 0.15) is 53.7 Å². The van der Waals surface area contributed by atoms with Gasteiger partial charge in [0.05, 0.1) is 16.5 Å². The predicted octanol–water partition coefficient (Wildman–Crippen LogP) is 4.36. The molecule has 8 nitrogen and oxygen atoms in total. The first-order valence-corrected chi connectivity index (χ1v) is 13.3. The smallest absolute Gasteiger partial charge is 0.289 e. The third-order valence-electron chi connectivity index (χ3n) is 6.13. The van der Waals surface area contributed by atoms with Gasteiger partial charge in [0, 0.05) is 24.4 Å². The number of nitrogens with zero attached hydrogens (tertiary/aromatic N) is 2. The van der Waals surface area contributed by atoms with Crippen molar-refractivity contribution in [1.82, 2.24) is 20.7 Å². The summed E-state index contributed by atoms with van der Waals surface area (Å²) >= 11 is 7.61. The standard InChI is InChI=1S/C27H29ClN4O4S/c1-27(2,36-22-11-7-6-10-20(22)28)26(35)32-14-12-19(13-15-32)25-29-21(17-37-25)24(34)31-30-23(33)16-18-8-4-3-5-9-18/h3-11,17,19H,12-16H2,1-2H3,(H,30,33)(H,31,34). The third kappa shape index (κ3) is 6.87. The van der Waals surface area contributed by atoms with Crippen molar-refractivity contribution < 1.29 is 19.1 Å². The Balaban J connectivity index is 1.26. The van der Waals surface area contributed by atoms with Gasteiger partial charge in [-0.15, -0.1) is 11.3 Å². The number of hydrogen-bond donors (Lipinski definition) is 2. The van der Waals surface area contributed by atoms with Crippen LogP contribution in [0.3, 0.4) is 0 Å². The van der Waals surface area contributed by atoms with E-state index < -0.39 is 11.5 Å². The molecule has 10 heteroatoms. The Hall–Kier alpha value is -3.43. The molecule has 1 aromatic heterocycles. The van der Waals surface area contributed by atoms with E-state index in [2.05, 4.69) is 15.8 Å². The summed E-state index contributed by atoms with van der Waals surface area (Å²) in [6.07, 6.45) is 1.63. The molecule has 0 unspecified atom stereocenters. The normalized spacial score (nSPS) is 14.2. The number of likely N-dealkylation sites (tertiary alicyclic amines) is 1.